The molecule has 0 spiro atoms. The maximum atomic E-state index is 13.0. The smallest absolute Gasteiger partial charge is 0.358 e. The Kier molecular flexibility index (Phi) is 4.14. The van der Waals surface area contributed by atoms with Crippen LogP contribution in [0.4, 0.5) is 4.39 Å². The van der Waals surface area contributed by atoms with Crippen LogP contribution in [0.5, 0.6) is 0 Å². The van der Waals surface area contributed by atoms with Crippen LogP contribution in [0.25, 0.3) is 0 Å². The molecular formula is C17H14FN3O2. The Bertz CT molecular complexity index is 814. The van der Waals surface area contributed by atoms with Crippen molar-refractivity contribution in [1.29, 1.82) is 0 Å². The van der Waals surface area contributed by atoms with Gasteiger partial charge in [0.1, 0.15) is 5.82 Å². The minimum absolute atomic E-state index is 0.0593. The van der Waals surface area contributed by atoms with Crippen molar-refractivity contribution in [3.05, 3.63) is 82.9 Å². The van der Waals surface area contributed by atoms with Crippen LogP contribution < -0.4 is 0 Å². The van der Waals surface area contributed by atoms with Crippen molar-refractivity contribution in [2.24, 2.45) is 0 Å². The van der Waals surface area contributed by atoms with Gasteiger partial charge < -0.3 is 5.11 Å². The van der Waals surface area contributed by atoms with E-state index in [1.807, 2.05) is 30.3 Å². The van der Waals surface area contributed by atoms with E-state index in [9.17, 15) is 14.3 Å². The van der Waals surface area contributed by atoms with E-state index in [-0.39, 0.29) is 11.5 Å². The maximum absolute atomic E-state index is 13.0. The van der Waals surface area contributed by atoms with E-state index in [4.69, 9.17) is 0 Å². The summed E-state index contributed by atoms with van der Waals surface area (Å²) in [6.07, 6.45) is 0.413. The number of hydrogen-bond acceptors (Lipinski definition) is 3. The lowest BCUT2D eigenvalue weighted by atomic mass is 10.1. The number of hydrogen-bond donors (Lipinski definition) is 1. The van der Waals surface area contributed by atoms with E-state index in [0.29, 0.717) is 18.7 Å². The molecule has 0 aliphatic rings. The molecule has 0 saturated carbocycles. The van der Waals surface area contributed by atoms with Gasteiger partial charge in [-0.1, -0.05) is 47.7 Å². The highest BCUT2D eigenvalue weighted by Gasteiger charge is 2.19. The Balaban J connectivity index is 1.93. The lowest BCUT2D eigenvalue weighted by Gasteiger charge is -2.07. The van der Waals surface area contributed by atoms with Crippen LogP contribution in [0.1, 0.15) is 27.3 Å². The van der Waals surface area contributed by atoms with Gasteiger partial charge in [-0.2, -0.15) is 0 Å². The summed E-state index contributed by atoms with van der Waals surface area (Å²) in [6, 6.07) is 15.5. The molecule has 0 unspecified atom stereocenters. The molecule has 23 heavy (non-hydrogen) atoms. The van der Waals surface area contributed by atoms with Gasteiger partial charge >= 0.3 is 5.97 Å². The second kappa shape index (κ2) is 6.39. The van der Waals surface area contributed by atoms with Gasteiger partial charge in [0.05, 0.1) is 12.2 Å². The summed E-state index contributed by atoms with van der Waals surface area (Å²) in [5.41, 5.74) is 2.25. The number of aromatic nitrogens is 3. The maximum Gasteiger partial charge on any atom is 0.358 e. The van der Waals surface area contributed by atoms with Crippen molar-refractivity contribution >= 4 is 5.97 Å². The zero-order valence-electron chi connectivity index (χ0n) is 12.2. The van der Waals surface area contributed by atoms with Crippen LogP contribution in [-0.4, -0.2) is 26.1 Å². The van der Waals surface area contributed by atoms with Gasteiger partial charge in [0.25, 0.3) is 0 Å². The summed E-state index contributed by atoms with van der Waals surface area (Å²) < 4.78 is 14.5. The number of carboxylic acids is 1. The highest BCUT2D eigenvalue weighted by molar-refractivity contribution is 5.86. The average molecular weight is 311 g/mol. The highest BCUT2D eigenvalue weighted by atomic mass is 19.1. The van der Waals surface area contributed by atoms with Crippen molar-refractivity contribution in [2.75, 3.05) is 0 Å². The Hall–Kier alpha value is -3.02. The first-order valence-corrected chi connectivity index (χ1v) is 7.07. The van der Waals surface area contributed by atoms with Gasteiger partial charge in [-0.05, 0) is 23.3 Å². The molecule has 0 aliphatic carbocycles. The first kappa shape index (κ1) is 14.9. The van der Waals surface area contributed by atoms with Gasteiger partial charge in [-0.25, -0.2) is 13.9 Å². The number of carbonyl (C=O) groups is 1. The van der Waals surface area contributed by atoms with Gasteiger partial charge in [-0.3, -0.25) is 0 Å². The summed E-state index contributed by atoms with van der Waals surface area (Å²) in [7, 11) is 0. The summed E-state index contributed by atoms with van der Waals surface area (Å²) in [6.45, 7) is 0.336. The van der Waals surface area contributed by atoms with Gasteiger partial charge in [0.15, 0.2) is 5.69 Å². The van der Waals surface area contributed by atoms with E-state index in [1.165, 1.54) is 12.1 Å². The largest absolute Gasteiger partial charge is 0.476 e. The van der Waals surface area contributed by atoms with E-state index in [2.05, 4.69) is 10.3 Å². The first-order valence-electron chi connectivity index (χ1n) is 7.07. The van der Waals surface area contributed by atoms with Crippen LogP contribution in [0.15, 0.2) is 54.6 Å². The first-order chi connectivity index (χ1) is 11.1. The fraction of sp³-hybridized carbons (Fsp3) is 0.118. The quantitative estimate of drug-likeness (QED) is 0.786. The predicted molar refractivity (Wildman–Crippen MR) is 81.7 cm³/mol. The van der Waals surface area contributed by atoms with Crippen molar-refractivity contribution in [3.63, 3.8) is 0 Å². The van der Waals surface area contributed by atoms with E-state index in [1.54, 1.807) is 16.8 Å². The lowest BCUT2D eigenvalue weighted by Crippen LogP contribution is -2.10. The molecule has 0 saturated heterocycles. The molecule has 3 aromatic rings. The van der Waals surface area contributed by atoms with Crippen molar-refractivity contribution in [2.45, 2.75) is 13.0 Å². The van der Waals surface area contributed by atoms with E-state index >= 15 is 0 Å². The van der Waals surface area contributed by atoms with Crippen molar-refractivity contribution in [3.8, 4) is 0 Å². The Morgan fingerprint density at radius 3 is 2.39 bits per heavy atom. The number of aromatic carboxylic acids is 1. The summed E-state index contributed by atoms with van der Waals surface area (Å²) in [5.74, 6) is -1.43. The SMILES string of the molecule is O=C(O)c1nnn(Cc2ccc(F)cc2)c1Cc1ccccc1. The topological polar surface area (TPSA) is 68.0 Å². The monoisotopic (exact) mass is 311 g/mol. The van der Waals surface area contributed by atoms with Gasteiger partial charge in [-0.15, -0.1) is 5.10 Å². The third-order valence-electron chi connectivity index (χ3n) is 3.50. The predicted octanol–water partition coefficient (Wildman–Crippen LogP) is 2.75. The molecule has 1 N–H and O–H groups in total. The highest BCUT2D eigenvalue weighted by Crippen LogP contribution is 2.15. The molecule has 1 aromatic heterocycles. The van der Waals surface area contributed by atoms with Crippen LogP contribution >= 0.6 is 0 Å². The number of benzene rings is 2. The zero-order valence-corrected chi connectivity index (χ0v) is 12.2. The fourth-order valence-electron chi connectivity index (χ4n) is 2.35. The summed E-state index contributed by atoms with van der Waals surface area (Å²) >= 11 is 0. The molecule has 0 amide bonds. The van der Waals surface area contributed by atoms with Crippen molar-refractivity contribution < 1.29 is 14.3 Å². The third kappa shape index (κ3) is 3.42. The van der Waals surface area contributed by atoms with Gasteiger partial charge in [0.2, 0.25) is 0 Å². The zero-order chi connectivity index (χ0) is 16.2. The summed E-state index contributed by atoms with van der Waals surface area (Å²) in [4.78, 5) is 11.4. The molecule has 3 rings (SSSR count). The summed E-state index contributed by atoms with van der Waals surface area (Å²) in [5, 5.41) is 17.0. The number of carboxylic acid groups (broad SMARTS) is 1. The van der Waals surface area contributed by atoms with Crippen LogP contribution in [0, 0.1) is 5.82 Å². The number of nitrogens with zero attached hydrogens (tertiary/aromatic N) is 3. The van der Waals surface area contributed by atoms with Crippen LogP contribution in [-0.2, 0) is 13.0 Å². The Labute approximate surface area is 132 Å². The minimum Gasteiger partial charge on any atom is -0.476 e. The molecule has 0 aliphatic heterocycles. The molecule has 5 nitrogen and oxygen atoms in total. The molecule has 116 valence electrons. The second-order valence-corrected chi connectivity index (χ2v) is 5.14. The van der Waals surface area contributed by atoms with E-state index in [0.717, 1.165) is 11.1 Å². The molecule has 0 radical (unpaired) electrons. The molecule has 6 heteroatoms. The number of halogens is 1. The lowest BCUT2D eigenvalue weighted by molar-refractivity contribution is 0.0689. The fourth-order valence-corrected chi connectivity index (χ4v) is 2.35. The molecular weight excluding hydrogens is 297 g/mol. The van der Waals surface area contributed by atoms with E-state index < -0.39 is 5.97 Å². The third-order valence-corrected chi connectivity index (χ3v) is 3.50. The van der Waals surface area contributed by atoms with Crippen LogP contribution in [0.2, 0.25) is 0 Å². The molecule has 2 aromatic carbocycles. The van der Waals surface area contributed by atoms with Crippen molar-refractivity contribution in [1.82, 2.24) is 15.0 Å². The Morgan fingerprint density at radius 1 is 1.04 bits per heavy atom. The average Bonchev–Trinajstić information content (AvgIpc) is 2.93. The van der Waals surface area contributed by atoms with Crippen LogP contribution in [0.3, 0.4) is 0 Å². The Morgan fingerprint density at radius 2 is 1.74 bits per heavy atom. The molecule has 1 heterocycles. The molecule has 0 atom stereocenters. The molecule has 0 fully saturated rings. The minimum atomic E-state index is -1.11. The standard InChI is InChI=1S/C17H14FN3O2/c18-14-8-6-13(7-9-14)11-21-15(16(17(22)23)19-20-21)10-12-4-2-1-3-5-12/h1-9H,10-11H2,(H,22,23). The number of rotatable bonds is 5. The molecule has 0 bridgehead atoms. The van der Waals surface area contributed by atoms with Gasteiger partial charge in [0, 0.05) is 6.42 Å². The normalized spacial score (nSPS) is 10.7. The second-order valence-electron chi connectivity index (χ2n) is 5.14.